The molecule has 1 fully saturated rings. The van der Waals surface area contributed by atoms with Crippen LogP contribution < -0.4 is 5.32 Å². The first kappa shape index (κ1) is 11.9. The van der Waals surface area contributed by atoms with E-state index in [-0.39, 0.29) is 0 Å². The monoisotopic (exact) mass is 241 g/mol. The van der Waals surface area contributed by atoms with E-state index in [9.17, 15) is 0 Å². The zero-order chi connectivity index (χ0) is 11.5. The molecule has 1 saturated heterocycles. The third-order valence-corrected chi connectivity index (χ3v) is 3.81. The van der Waals surface area contributed by atoms with Crippen LogP contribution in [0.5, 0.6) is 0 Å². The molecule has 1 aliphatic heterocycles. The molecule has 0 aromatic carbocycles. The van der Waals surface area contributed by atoms with Gasteiger partial charge in [0, 0.05) is 6.04 Å². The fourth-order valence-electron chi connectivity index (χ4n) is 2.37. The number of piperidine rings is 1. The fourth-order valence-corrected chi connectivity index (χ4v) is 2.99. The number of aromatic nitrogens is 3. The Morgan fingerprint density at radius 1 is 1.44 bits per heavy atom. The number of thioether (sulfide) groups is 1. The highest BCUT2D eigenvalue weighted by molar-refractivity contribution is 7.98. The molecule has 0 aliphatic carbocycles. The summed E-state index contributed by atoms with van der Waals surface area (Å²) in [6, 6.07) is 0.453. The summed E-state index contributed by atoms with van der Waals surface area (Å²) >= 11 is 1.69. The van der Waals surface area contributed by atoms with Crippen molar-refractivity contribution >= 4 is 11.8 Å². The second kappa shape index (κ2) is 5.19. The van der Waals surface area contributed by atoms with Crippen LogP contribution >= 0.6 is 11.8 Å². The quantitative estimate of drug-likeness (QED) is 0.804. The van der Waals surface area contributed by atoms with Crippen LogP contribution in [0, 0.1) is 0 Å². The van der Waals surface area contributed by atoms with Gasteiger partial charge in [0.05, 0.1) is 19.0 Å². The van der Waals surface area contributed by atoms with Crippen molar-refractivity contribution in [3.05, 3.63) is 5.82 Å². The van der Waals surface area contributed by atoms with Crippen LogP contribution in [0.2, 0.25) is 0 Å². The molecular weight excluding hydrogens is 220 g/mol. The maximum Gasteiger partial charge on any atom is 0.191 e. The summed E-state index contributed by atoms with van der Waals surface area (Å²) in [4.78, 5) is 0. The normalized spacial score (nSPS) is 21.6. The highest BCUT2D eigenvalue weighted by Crippen LogP contribution is 2.26. The number of nitrogens with two attached hydrogens (primary N) is 1. The van der Waals surface area contributed by atoms with Crippen molar-refractivity contribution in [1.82, 2.24) is 14.8 Å². The fraction of sp³-hybridized carbons (Fsp3) is 0.818. The molecular formula is C11H21N4S+. The minimum Gasteiger partial charge on any atom is -0.346 e. The molecule has 1 atom stereocenters. The van der Waals surface area contributed by atoms with Gasteiger partial charge in [-0.1, -0.05) is 11.8 Å². The average Bonchev–Trinajstić information content (AvgIpc) is 2.73. The van der Waals surface area contributed by atoms with Crippen LogP contribution in [0.25, 0.3) is 0 Å². The Morgan fingerprint density at radius 2 is 2.25 bits per heavy atom. The lowest BCUT2D eigenvalue weighted by atomic mass is 9.98. The molecule has 0 unspecified atom stereocenters. The minimum atomic E-state index is 0.453. The molecule has 2 rings (SSSR count). The zero-order valence-electron chi connectivity index (χ0n) is 10.3. The average molecular weight is 241 g/mol. The van der Waals surface area contributed by atoms with Gasteiger partial charge in [0.25, 0.3) is 0 Å². The smallest absolute Gasteiger partial charge is 0.191 e. The lowest BCUT2D eigenvalue weighted by molar-refractivity contribution is -0.665. The highest BCUT2D eigenvalue weighted by atomic mass is 32.2. The van der Waals surface area contributed by atoms with Gasteiger partial charge >= 0.3 is 0 Å². The van der Waals surface area contributed by atoms with Gasteiger partial charge in [0.15, 0.2) is 5.16 Å². The van der Waals surface area contributed by atoms with Gasteiger partial charge in [-0.3, -0.25) is 0 Å². The van der Waals surface area contributed by atoms with Gasteiger partial charge in [-0.05, 0) is 32.9 Å². The molecule has 0 radical (unpaired) electrons. The Balaban J connectivity index is 2.28. The number of hydrogen-bond acceptors (Lipinski definition) is 3. The molecule has 0 spiro atoms. The first-order valence-electron chi connectivity index (χ1n) is 6.04. The summed E-state index contributed by atoms with van der Waals surface area (Å²) in [5.41, 5.74) is 0. The van der Waals surface area contributed by atoms with Crippen molar-refractivity contribution in [2.45, 2.75) is 43.8 Å². The first-order chi connectivity index (χ1) is 7.74. The number of rotatable bonds is 3. The van der Waals surface area contributed by atoms with E-state index in [0.29, 0.717) is 12.0 Å². The van der Waals surface area contributed by atoms with Gasteiger partial charge in [0.1, 0.15) is 5.82 Å². The molecule has 0 saturated carbocycles. The molecule has 0 bridgehead atoms. The number of nitrogens with zero attached hydrogens (tertiary/aromatic N) is 3. The van der Waals surface area contributed by atoms with E-state index in [2.05, 4.69) is 40.2 Å². The Bertz CT molecular complexity index is 342. The number of hydrogen-bond donors (Lipinski definition) is 1. The third kappa shape index (κ3) is 2.25. The molecule has 0 amide bonds. The summed E-state index contributed by atoms with van der Waals surface area (Å²) in [7, 11) is 0. The van der Waals surface area contributed by atoms with E-state index < -0.39 is 0 Å². The van der Waals surface area contributed by atoms with Crippen molar-refractivity contribution < 1.29 is 5.32 Å². The van der Waals surface area contributed by atoms with Gasteiger partial charge in [-0.2, -0.15) is 0 Å². The van der Waals surface area contributed by atoms with Gasteiger partial charge < -0.3 is 9.88 Å². The van der Waals surface area contributed by atoms with Gasteiger partial charge in [0.2, 0.25) is 0 Å². The molecule has 1 aromatic heterocycles. The Hall–Kier alpha value is -0.550. The Labute approximate surface area is 101 Å². The van der Waals surface area contributed by atoms with E-state index in [0.717, 1.165) is 5.16 Å². The van der Waals surface area contributed by atoms with Gasteiger partial charge in [-0.15, -0.1) is 10.2 Å². The van der Waals surface area contributed by atoms with Crippen molar-refractivity contribution in [3.63, 3.8) is 0 Å². The van der Waals surface area contributed by atoms with E-state index in [1.54, 1.807) is 11.8 Å². The summed E-state index contributed by atoms with van der Waals surface area (Å²) < 4.78 is 2.30. The van der Waals surface area contributed by atoms with Crippen LogP contribution in [0.3, 0.4) is 0 Å². The maximum absolute atomic E-state index is 4.40. The third-order valence-electron chi connectivity index (χ3n) is 3.17. The molecule has 5 heteroatoms. The molecule has 16 heavy (non-hydrogen) atoms. The standard InChI is InChI=1S/C11H20N4S/c1-8(2)15-10(13-14-11(15)16-3)9-5-4-6-12-7-9/h8-9,12H,4-7H2,1-3H3/p+1/t9-/m1/s1. The first-order valence-corrected chi connectivity index (χ1v) is 7.27. The van der Waals surface area contributed by atoms with E-state index in [4.69, 9.17) is 0 Å². The van der Waals surface area contributed by atoms with E-state index >= 15 is 0 Å². The Kier molecular flexibility index (Phi) is 3.86. The van der Waals surface area contributed by atoms with Crippen LogP contribution in [-0.4, -0.2) is 34.1 Å². The van der Waals surface area contributed by atoms with E-state index in [1.807, 2.05) is 0 Å². The topological polar surface area (TPSA) is 47.3 Å². The van der Waals surface area contributed by atoms with Gasteiger partial charge in [-0.25, -0.2) is 0 Å². The lowest BCUT2D eigenvalue weighted by Crippen LogP contribution is -2.86. The molecule has 1 aliphatic rings. The van der Waals surface area contributed by atoms with Crippen LogP contribution in [-0.2, 0) is 0 Å². The van der Waals surface area contributed by atoms with Crippen LogP contribution in [0.4, 0.5) is 0 Å². The number of quaternary nitrogens is 1. The Morgan fingerprint density at radius 3 is 2.81 bits per heavy atom. The molecule has 1 aromatic rings. The lowest BCUT2D eigenvalue weighted by Gasteiger charge is -2.22. The minimum absolute atomic E-state index is 0.453. The molecule has 2 heterocycles. The SMILES string of the molecule is CSc1nnc([C@@H]2CCC[NH2+]C2)n1C(C)C. The van der Waals surface area contributed by atoms with Crippen LogP contribution in [0.1, 0.15) is 44.5 Å². The second-order valence-electron chi connectivity index (χ2n) is 4.66. The van der Waals surface area contributed by atoms with Crippen LogP contribution in [0.15, 0.2) is 5.16 Å². The maximum atomic E-state index is 4.40. The van der Waals surface area contributed by atoms with Crippen molar-refractivity contribution in [2.24, 2.45) is 0 Å². The highest BCUT2D eigenvalue weighted by Gasteiger charge is 2.25. The summed E-state index contributed by atoms with van der Waals surface area (Å²) in [5.74, 6) is 1.78. The summed E-state index contributed by atoms with van der Waals surface area (Å²) in [5, 5.41) is 12.1. The molecule has 2 N–H and O–H groups in total. The summed E-state index contributed by atoms with van der Waals surface area (Å²) in [6.07, 6.45) is 4.62. The van der Waals surface area contributed by atoms with Crippen molar-refractivity contribution in [3.8, 4) is 0 Å². The predicted octanol–water partition coefficient (Wildman–Crippen LogP) is 1.02. The van der Waals surface area contributed by atoms with E-state index in [1.165, 1.54) is 31.8 Å². The zero-order valence-corrected chi connectivity index (χ0v) is 11.1. The second-order valence-corrected chi connectivity index (χ2v) is 5.43. The largest absolute Gasteiger partial charge is 0.346 e. The predicted molar refractivity (Wildman–Crippen MR) is 65.8 cm³/mol. The molecule has 90 valence electrons. The van der Waals surface area contributed by atoms with Crippen molar-refractivity contribution in [2.75, 3.05) is 19.3 Å². The summed E-state index contributed by atoms with van der Waals surface area (Å²) in [6.45, 7) is 6.85. The molecule has 4 nitrogen and oxygen atoms in total. The van der Waals surface area contributed by atoms with Crippen molar-refractivity contribution in [1.29, 1.82) is 0 Å².